The molecule has 0 aliphatic carbocycles. The Morgan fingerprint density at radius 1 is 1.09 bits per heavy atom. The van der Waals surface area contributed by atoms with Gasteiger partial charge in [0.15, 0.2) is 41.3 Å². The topological polar surface area (TPSA) is 272 Å². The fraction of sp³-hybridized carbons (Fsp3) is 0.545. The Labute approximate surface area is 257 Å². The Hall–Kier alpha value is -3.51. The SMILES string of the molecule is CO[C@@H]1[C@@H]2OS(=O)(=O)NC[C@H]3O[C@@H](n4cnc5c(N)ncnc54)[C@H](F)[C@@H]3OP(=O)(O)OC[C@H]2O[C@H]1n1cnc2c(=O)[nH]c(C)nc21. The minimum Gasteiger partial charge on any atom is -0.382 e. The van der Waals surface area contributed by atoms with Crippen molar-refractivity contribution in [2.24, 2.45) is 0 Å². The Balaban J connectivity index is 1.19. The number of nitrogens with zero attached hydrogens (tertiary/aromatic N) is 7. The molecule has 7 rings (SSSR count). The number of halogens is 1. The van der Waals surface area contributed by atoms with Gasteiger partial charge in [0.25, 0.3) is 5.56 Å². The highest BCUT2D eigenvalue weighted by molar-refractivity contribution is 7.84. The number of imidazole rings is 2. The molecule has 9 atom stereocenters. The van der Waals surface area contributed by atoms with Crippen LogP contribution in [0.4, 0.5) is 10.2 Å². The second-order valence-corrected chi connectivity index (χ2v) is 13.3. The third-order valence-electron chi connectivity index (χ3n) is 7.67. The van der Waals surface area contributed by atoms with E-state index in [-0.39, 0.29) is 34.0 Å². The van der Waals surface area contributed by atoms with Gasteiger partial charge in [-0.15, -0.1) is 0 Å². The van der Waals surface area contributed by atoms with E-state index in [1.54, 1.807) is 6.92 Å². The molecule has 1 unspecified atom stereocenters. The molecule has 0 aromatic carbocycles. The molecule has 5 N–H and O–H groups in total. The molecule has 4 aromatic heterocycles. The molecule has 4 aromatic rings. The lowest BCUT2D eigenvalue weighted by atomic mass is 10.1. The van der Waals surface area contributed by atoms with Crippen LogP contribution in [-0.4, -0.2) is 109 Å². The maximum Gasteiger partial charge on any atom is 0.472 e. The van der Waals surface area contributed by atoms with E-state index in [2.05, 4.69) is 34.6 Å². The summed E-state index contributed by atoms with van der Waals surface area (Å²) in [6.07, 6.45) is -8.66. The maximum atomic E-state index is 15.9. The summed E-state index contributed by atoms with van der Waals surface area (Å²) in [7, 11) is -8.47. The minimum absolute atomic E-state index is 0.0173. The molecule has 21 nitrogen and oxygen atoms in total. The van der Waals surface area contributed by atoms with Crippen LogP contribution in [0.1, 0.15) is 18.3 Å². The Morgan fingerprint density at radius 3 is 2.57 bits per heavy atom. The number of anilines is 1. The highest BCUT2D eigenvalue weighted by Gasteiger charge is 2.54. The van der Waals surface area contributed by atoms with E-state index >= 15 is 4.39 Å². The second-order valence-electron chi connectivity index (χ2n) is 10.5. The van der Waals surface area contributed by atoms with Gasteiger partial charge in [0, 0.05) is 13.7 Å². The largest absolute Gasteiger partial charge is 0.472 e. The van der Waals surface area contributed by atoms with E-state index in [0.29, 0.717) is 0 Å². The van der Waals surface area contributed by atoms with Gasteiger partial charge in [0.05, 0.1) is 19.3 Å². The van der Waals surface area contributed by atoms with Gasteiger partial charge in [-0.1, -0.05) is 0 Å². The predicted octanol–water partition coefficient (Wildman–Crippen LogP) is -1.27. The zero-order valence-corrected chi connectivity index (χ0v) is 25.4. The third-order valence-corrected chi connectivity index (χ3v) is 9.65. The molecule has 0 spiro atoms. The summed E-state index contributed by atoms with van der Waals surface area (Å²) in [6.45, 7) is 0.115. The average Bonchev–Trinajstić information content (AvgIpc) is 3.75. The van der Waals surface area contributed by atoms with Crippen molar-refractivity contribution < 1.29 is 49.7 Å². The molecule has 3 saturated heterocycles. The zero-order chi connectivity index (χ0) is 32.5. The first kappa shape index (κ1) is 31.1. The second kappa shape index (κ2) is 11.3. The summed E-state index contributed by atoms with van der Waals surface area (Å²) >= 11 is 0. The van der Waals surface area contributed by atoms with Crippen LogP contribution in [0.2, 0.25) is 0 Å². The summed E-state index contributed by atoms with van der Waals surface area (Å²) in [5, 5.41) is 0. The number of methoxy groups -OCH3 is 1. The molecule has 0 saturated carbocycles. The molecule has 248 valence electrons. The Bertz CT molecular complexity index is 2030. The van der Waals surface area contributed by atoms with Crippen molar-refractivity contribution in [2.75, 3.05) is 26.0 Å². The quantitative estimate of drug-likeness (QED) is 0.183. The fourth-order valence-electron chi connectivity index (χ4n) is 5.64. The van der Waals surface area contributed by atoms with Crippen LogP contribution >= 0.6 is 7.82 Å². The molecular formula is C22H26FN10O11PS. The first-order valence-corrected chi connectivity index (χ1v) is 16.4. The van der Waals surface area contributed by atoms with Crippen molar-refractivity contribution in [2.45, 2.75) is 56.1 Å². The minimum atomic E-state index is -5.07. The highest BCUT2D eigenvalue weighted by Crippen LogP contribution is 2.50. The number of alkyl halides is 1. The molecule has 0 amide bonds. The van der Waals surface area contributed by atoms with Gasteiger partial charge in [-0.25, -0.2) is 38.1 Å². The fourth-order valence-corrected chi connectivity index (χ4v) is 7.55. The van der Waals surface area contributed by atoms with E-state index in [0.717, 1.165) is 6.33 Å². The molecule has 3 fully saturated rings. The monoisotopic (exact) mass is 688 g/mol. The number of phosphoric ester groups is 1. The lowest BCUT2D eigenvalue weighted by molar-refractivity contribution is -0.0604. The summed E-state index contributed by atoms with van der Waals surface area (Å²) in [5.41, 5.74) is 5.60. The van der Waals surface area contributed by atoms with Crippen molar-refractivity contribution in [3.63, 3.8) is 0 Å². The maximum absolute atomic E-state index is 15.9. The van der Waals surface area contributed by atoms with Crippen LogP contribution in [0.25, 0.3) is 22.3 Å². The van der Waals surface area contributed by atoms with Crippen LogP contribution < -0.4 is 16.0 Å². The molecule has 3 aliphatic rings. The van der Waals surface area contributed by atoms with E-state index < -0.39 is 86.0 Å². The van der Waals surface area contributed by atoms with Crippen molar-refractivity contribution in [3.05, 3.63) is 35.2 Å². The number of nitrogens with one attached hydrogen (secondary N) is 2. The number of hydrogen-bond donors (Lipinski definition) is 4. The van der Waals surface area contributed by atoms with Gasteiger partial charge < -0.3 is 29.8 Å². The van der Waals surface area contributed by atoms with Gasteiger partial charge in [-0.3, -0.25) is 23.0 Å². The first-order chi connectivity index (χ1) is 21.9. The zero-order valence-electron chi connectivity index (χ0n) is 23.7. The third kappa shape index (κ3) is 5.36. The summed E-state index contributed by atoms with van der Waals surface area (Å²) < 4.78 is 93.3. The van der Waals surface area contributed by atoms with Crippen molar-refractivity contribution in [1.29, 1.82) is 0 Å². The molecule has 7 heterocycles. The van der Waals surface area contributed by atoms with E-state index in [4.69, 9.17) is 33.2 Å². The lowest BCUT2D eigenvalue weighted by Crippen LogP contribution is -2.46. The van der Waals surface area contributed by atoms with E-state index in [1.807, 2.05) is 0 Å². The van der Waals surface area contributed by atoms with Crippen LogP contribution in [0.15, 0.2) is 23.8 Å². The molecule has 0 bridgehead atoms. The smallest absolute Gasteiger partial charge is 0.382 e. The van der Waals surface area contributed by atoms with Crippen molar-refractivity contribution in [1.82, 2.24) is 43.8 Å². The number of rotatable bonds is 3. The number of ether oxygens (including phenoxy) is 3. The van der Waals surface area contributed by atoms with Gasteiger partial charge in [0.2, 0.25) is 0 Å². The molecule has 0 radical (unpaired) electrons. The number of nitrogen functional groups attached to an aromatic ring is 1. The van der Waals surface area contributed by atoms with Crippen LogP contribution in [0.3, 0.4) is 0 Å². The molecule has 46 heavy (non-hydrogen) atoms. The predicted molar refractivity (Wildman–Crippen MR) is 149 cm³/mol. The normalized spacial score (nSPS) is 35.0. The standard InChI is InChI=1S/C22H26FN10O11PS/c1-8-30-19-13(20(34)31-8)28-7-33(19)22-16(39-2)15-10(42-22)4-40-45(35,36)43-14-9(3-29-46(37,38)44-15)41-21(11(14)23)32-6-27-12-17(24)25-5-26-18(12)32/h5-7,9-11,14-16,21-22,29H,3-4H2,1-2H3,(H,35,36)(H2,24,25,26)(H,30,31,34)/t9-,10-,11-,14-,15-,16-,21-,22-/m1/s1. The number of H-pyrrole nitrogens is 1. The van der Waals surface area contributed by atoms with Gasteiger partial charge in [0.1, 0.15) is 48.2 Å². The lowest BCUT2D eigenvalue weighted by Gasteiger charge is -2.26. The summed E-state index contributed by atoms with van der Waals surface area (Å²) in [6, 6.07) is 0. The van der Waals surface area contributed by atoms with E-state index in [9.17, 15) is 22.7 Å². The molecule has 3 aliphatic heterocycles. The highest BCUT2D eigenvalue weighted by atomic mass is 32.2. The van der Waals surface area contributed by atoms with Crippen LogP contribution in [0, 0.1) is 6.92 Å². The van der Waals surface area contributed by atoms with Crippen molar-refractivity contribution >= 4 is 46.3 Å². The van der Waals surface area contributed by atoms with Gasteiger partial charge >= 0.3 is 18.1 Å². The van der Waals surface area contributed by atoms with Crippen LogP contribution in [0.5, 0.6) is 0 Å². The molecule has 24 heteroatoms. The summed E-state index contributed by atoms with van der Waals surface area (Å²) in [4.78, 5) is 45.9. The number of fused-ring (bicyclic) bond motifs is 4. The number of aryl methyl sites for hydroxylation is 1. The summed E-state index contributed by atoms with van der Waals surface area (Å²) in [5.74, 6) is 0.283. The number of phosphoric acid groups is 1. The number of hydrogen-bond acceptors (Lipinski definition) is 16. The van der Waals surface area contributed by atoms with Crippen LogP contribution in [-0.2, 0) is 42.3 Å². The first-order valence-electron chi connectivity index (χ1n) is 13.5. The van der Waals surface area contributed by atoms with Gasteiger partial charge in [-0.05, 0) is 6.92 Å². The van der Waals surface area contributed by atoms with Crippen molar-refractivity contribution in [3.8, 4) is 0 Å². The molecular weight excluding hydrogens is 662 g/mol. The number of nitrogens with two attached hydrogens (primary N) is 1. The van der Waals surface area contributed by atoms with Gasteiger partial charge in [-0.2, -0.15) is 13.1 Å². The Morgan fingerprint density at radius 2 is 1.80 bits per heavy atom. The van der Waals surface area contributed by atoms with E-state index in [1.165, 1.54) is 28.9 Å². The Kier molecular flexibility index (Phi) is 7.66. The number of aromatic amines is 1. The number of aromatic nitrogens is 8. The average molecular weight is 689 g/mol.